The van der Waals surface area contributed by atoms with Gasteiger partial charge in [-0.25, -0.2) is 0 Å². The number of nitrogens with zero attached hydrogens (tertiary/aromatic N) is 3. The smallest absolute Gasteiger partial charge is 0.276 e. The quantitative estimate of drug-likeness (QED) is 0.854. The zero-order valence-electron chi connectivity index (χ0n) is 11.5. The Morgan fingerprint density at radius 3 is 2.72 bits per heavy atom. The number of thioether (sulfide) groups is 1. The minimum Gasteiger partial charge on any atom is -0.396 e. The number of carbonyl (C=O) groups excluding carboxylic acids is 1. The van der Waals surface area contributed by atoms with Crippen LogP contribution in [0.5, 0.6) is 0 Å². The van der Waals surface area contributed by atoms with Gasteiger partial charge in [-0.2, -0.15) is 16.9 Å². The van der Waals surface area contributed by atoms with Crippen LogP contribution in [0.4, 0.5) is 5.69 Å². The van der Waals surface area contributed by atoms with Gasteiger partial charge in [0.25, 0.3) is 5.91 Å². The molecule has 1 unspecified atom stereocenters. The third-order valence-corrected chi connectivity index (χ3v) is 3.73. The molecule has 0 aliphatic heterocycles. The summed E-state index contributed by atoms with van der Waals surface area (Å²) < 4.78 is 1.69. The molecule has 1 rings (SSSR count). The van der Waals surface area contributed by atoms with Crippen LogP contribution >= 0.6 is 11.8 Å². The van der Waals surface area contributed by atoms with Crippen molar-refractivity contribution in [2.75, 3.05) is 24.8 Å². The van der Waals surface area contributed by atoms with Crippen molar-refractivity contribution in [2.24, 2.45) is 0 Å². The zero-order chi connectivity index (χ0) is 13.7. The number of nitrogens with two attached hydrogens (primary N) is 1. The second-order valence-corrected chi connectivity index (χ2v) is 5.13. The fraction of sp³-hybridized carbons (Fsp3) is 0.667. The van der Waals surface area contributed by atoms with Crippen LogP contribution in [0.1, 0.15) is 30.8 Å². The molecule has 0 aliphatic carbocycles. The van der Waals surface area contributed by atoms with Crippen LogP contribution in [-0.2, 0) is 6.54 Å². The van der Waals surface area contributed by atoms with Crippen LogP contribution in [-0.4, -0.2) is 45.7 Å². The van der Waals surface area contributed by atoms with E-state index in [0.29, 0.717) is 17.9 Å². The van der Waals surface area contributed by atoms with E-state index in [-0.39, 0.29) is 11.9 Å². The van der Waals surface area contributed by atoms with Gasteiger partial charge in [-0.3, -0.25) is 9.48 Å². The molecule has 1 heterocycles. The minimum absolute atomic E-state index is 0.0967. The van der Waals surface area contributed by atoms with E-state index in [2.05, 4.69) is 12.0 Å². The van der Waals surface area contributed by atoms with Gasteiger partial charge in [-0.15, -0.1) is 0 Å². The van der Waals surface area contributed by atoms with E-state index < -0.39 is 0 Å². The summed E-state index contributed by atoms with van der Waals surface area (Å²) in [5, 5.41) is 4.22. The summed E-state index contributed by atoms with van der Waals surface area (Å²) in [6, 6.07) is 0.221. The summed E-state index contributed by atoms with van der Waals surface area (Å²) in [5.74, 6) is 0.827. The van der Waals surface area contributed by atoms with Crippen LogP contribution in [0, 0.1) is 0 Å². The summed E-state index contributed by atoms with van der Waals surface area (Å²) >= 11 is 1.74. The van der Waals surface area contributed by atoms with Crippen molar-refractivity contribution in [3.63, 3.8) is 0 Å². The Hall–Kier alpha value is -1.17. The Kier molecular flexibility index (Phi) is 5.53. The number of carbonyl (C=O) groups is 1. The molecule has 1 aromatic heterocycles. The first-order valence-corrected chi connectivity index (χ1v) is 7.53. The monoisotopic (exact) mass is 270 g/mol. The van der Waals surface area contributed by atoms with Crippen LogP contribution in [0.15, 0.2) is 6.20 Å². The minimum atomic E-state index is -0.0967. The zero-order valence-corrected chi connectivity index (χ0v) is 12.3. The van der Waals surface area contributed by atoms with E-state index in [1.807, 2.05) is 20.2 Å². The highest BCUT2D eigenvalue weighted by Crippen LogP contribution is 2.16. The predicted octanol–water partition coefficient (Wildman–Crippen LogP) is 1.70. The first-order chi connectivity index (χ1) is 8.54. The van der Waals surface area contributed by atoms with Crippen molar-refractivity contribution in [1.29, 1.82) is 0 Å². The molecule has 6 heteroatoms. The van der Waals surface area contributed by atoms with Crippen LogP contribution < -0.4 is 5.73 Å². The molecule has 0 aromatic carbocycles. The fourth-order valence-electron chi connectivity index (χ4n) is 1.79. The summed E-state index contributed by atoms with van der Waals surface area (Å²) in [6.07, 6.45) is 4.68. The van der Waals surface area contributed by atoms with E-state index in [1.54, 1.807) is 27.5 Å². The molecule has 102 valence electrons. The lowest BCUT2D eigenvalue weighted by Gasteiger charge is -2.26. The second-order valence-electron chi connectivity index (χ2n) is 4.22. The predicted molar refractivity (Wildman–Crippen MR) is 76.9 cm³/mol. The number of amides is 1. The Bertz CT molecular complexity index is 405. The molecule has 0 radical (unpaired) electrons. The topological polar surface area (TPSA) is 64.2 Å². The van der Waals surface area contributed by atoms with Crippen molar-refractivity contribution in [2.45, 2.75) is 32.9 Å². The maximum Gasteiger partial charge on any atom is 0.276 e. The number of nitrogen functional groups attached to an aromatic ring is 1. The molecule has 1 amide bonds. The van der Waals surface area contributed by atoms with Crippen molar-refractivity contribution in [3.05, 3.63) is 11.9 Å². The molecule has 0 saturated heterocycles. The number of aryl methyl sites for hydroxylation is 1. The van der Waals surface area contributed by atoms with Crippen molar-refractivity contribution >= 4 is 23.4 Å². The van der Waals surface area contributed by atoms with Crippen molar-refractivity contribution < 1.29 is 4.79 Å². The Balaban J connectivity index is 2.87. The standard InChI is InChI=1S/C12H22N4OS/c1-5-9(8-18-4)15(3)12(17)11-10(13)7-16(6-2)14-11/h7,9H,5-6,8,13H2,1-4H3. The Labute approximate surface area is 113 Å². The van der Waals surface area contributed by atoms with Gasteiger partial charge in [0.05, 0.1) is 5.69 Å². The third-order valence-electron chi connectivity index (χ3n) is 3.01. The lowest BCUT2D eigenvalue weighted by Crippen LogP contribution is -2.38. The van der Waals surface area contributed by atoms with Gasteiger partial charge < -0.3 is 10.6 Å². The SMILES string of the molecule is CCC(CSC)N(C)C(=O)c1nn(CC)cc1N. The van der Waals surface area contributed by atoms with Gasteiger partial charge in [-0.05, 0) is 19.6 Å². The van der Waals surface area contributed by atoms with Gasteiger partial charge in [0.15, 0.2) is 5.69 Å². The maximum atomic E-state index is 12.3. The lowest BCUT2D eigenvalue weighted by atomic mass is 10.2. The first kappa shape index (κ1) is 14.9. The molecule has 0 saturated carbocycles. The Morgan fingerprint density at radius 2 is 2.28 bits per heavy atom. The largest absolute Gasteiger partial charge is 0.396 e. The molecule has 1 aromatic rings. The van der Waals surface area contributed by atoms with Gasteiger partial charge in [0.2, 0.25) is 0 Å². The van der Waals surface area contributed by atoms with Gasteiger partial charge in [0, 0.05) is 31.6 Å². The normalized spacial score (nSPS) is 12.4. The summed E-state index contributed by atoms with van der Waals surface area (Å²) in [5.41, 5.74) is 6.65. The van der Waals surface area contributed by atoms with E-state index in [9.17, 15) is 4.79 Å². The van der Waals surface area contributed by atoms with E-state index >= 15 is 0 Å². The molecule has 0 bridgehead atoms. The summed E-state index contributed by atoms with van der Waals surface area (Å²) in [7, 11) is 1.82. The number of anilines is 1. The molecule has 1 atom stereocenters. The average Bonchev–Trinajstić information content (AvgIpc) is 2.75. The lowest BCUT2D eigenvalue weighted by molar-refractivity contribution is 0.0738. The highest BCUT2D eigenvalue weighted by Gasteiger charge is 2.23. The van der Waals surface area contributed by atoms with E-state index in [0.717, 1.165) is 12.2 Å². The number of hydrogen-bond donors (Lipinski definition) is 1. The Morgan fingerprint density at radius 1 is 1.61 bits per heavy atom. The third kappa shape index (κ3) is 3.19. The first-order valence-electron chi connectivity index (χ1n) is 6.14. The van der Waals surface area contributed by atoms with Gasteiger partial charge >= 0.3 is 0 Å². The molecule has 0 aliphatic rings. The van der Waals surface area contributed by atoms with Crippen LogP contribution in [0.25, 0.3) is 0 Å². The van der Waals surface area contributed by atoms with Gasteiger partial charge in [-0.1, -0.05) is 6.92 Å². The molecule has 0 spiro atoms. The molecule has 0 fully saturated rings. The fourth-order valence-corrected chi connectivity index (χ4v) is 2.64. The van der Waals surface area contributed by atoms with Crippen LogP contribution in [0.2, 0.25) is 0 Å². The molecule has 2 N–H and O–H groups in total. The van der Waals surface area contributed by atoms with Gasteiger partial charge in [0.1, 0.15) is 0 Å². The summed E-state index contributed by atoms with van der Waals surface area (Å²) in [4.78, 5) is 14.1. The molecule has 5 nitrogen and oxygen atoms in total. The van der Waals surface area contributed by atoms with Crippen LogP contribution in [0.3, 0.4) is 0 Å². The summed E-state index contributed by atoms with van der Waals surface area (Å²) in [6.45, 7) is 4.76. The second kappa shape index (κ2) is 6.68. The molecular formula is C12H22N4OS. The number of rotatable bonds is 6. The highest BCUT2D eigenvalue weighted by molar-refractivity contribution is 7.98. The van der Waals surface area contributed by atoms with E-state index in [4.69, 9.17) is 5.73 Å². The maximum absolute atomic E-state index is 12.3. The number of hydrogen-bond acceptors (Lipinski definition) is 4. The van der Waals surface area contributed by atoms with Crippen molar-refractivity contribution in [3.8, 4) is 0 Å². The highest BCUT2D eigenvalue weighted by atomic mass is 32.2. The average molecular weight is 270 g/mol. The number of aromatic nitrogens is 2. The molecular weight excluding hydrogens is 248 g/mol. The van der Waals surface area contributed by atoms with Crippen molar-refractivity contribution in [1.82, 2.24) is 14.7 Å². The molecule has 18 heavy (non-hydrogen) atoms. The van der Waals surface area contributed by atoms with E-state index in [1.165, 1.54) is 0 Å².